The molecule has 0 atom stereocenters. The van der Waals surface area contributed by atoms with Gasteiger partial charge in [-0.3, -0.25) is 9.89 Å². The minimum Gasteiger partial charge on any atom is -0.496 e. The fourth-order valence-corrected chi connectivity index (χ4v) is 2.74. The summed E-state index contributed by atoms with van der Waals surface area (Å²) in [6, 6.07) is 13.0. The third-order valence-electron chi connectivity index (χ3n) is 3.61. The smallest absolute Gasteiger partial charge is 0.248 e. The van der Waals surface area contributed by atoms with Crippen LogP contribution in [-0.4, -0.2) is 28.2 Å². The van der Waals surface area contributed by atoms with E-state index >= 15 is 0 Å². The van der Waals surface area contributed by atoms with Gasteiger partial charge in [0.1, 0.15) is 11.6 Å². The molecular formula is C19H17BrN4O2. The number of carbonyl (C=O) groups excluding carboxylic acids is 1. The Hall–Kier alpha value is -2.93. The summed E-state index contributed by atoms with van der Waals surface area (Å²) in [5.41, 5.74) is 2.38. The molecule has 0 unspecified atom stereocenters. The lowest BCUT2D eigenvalue weighted by atomic mass is 10.2. The first-order chi connectivity index (χ1) is 12.5. The number of carbonyl (C=O) groups is 1. The first-order valence-electron chi connectivity index (χ1n) is 7.87. The van der Waals surface area contributed by atoms with Crippen molar-refractivity contribution in [2.45, 2.75) is 6.92 Å². The Bertz CT molecular complexity index is 948. The Kier molecular flexibility index (Phi) is 5.48. The summed E-state index contributed by atoms with van der Waals surface area (Å²) in [7, 11) is 1.60. The quantitative estimate of drug-likeness (QED) is 0.615. The fraction of sp³-hybridized carbons (Fsp3) is 0.105. The van der Waals surface area contributed by atoms with Crippen LogP contribution in [0.15, 0.2) is 53.0 Å². The molecule has 0 saturated carbocycles. The standard InChI is InChI=1S/C19H17BrN4O2/c1-12-21-19(24-23-12)13-3-7-16(8-4-13)22-18(25)10-5-14-11-15(20)6-9-17(14)26-2/h3-11H,1-2H3,(H,22,25)(H,21,23,24)/b10-5+. The summed E-state index contributed by atoms with van der Waals surface area (Å²) in [6.45, 7) is 1.84. The summed E-state index contributed by atoms with van der Waals surface area (Å²) in [6.07, 6.45) is 3.18. The number of amides is 1. The van der Waals surface area contributed by atoms with Crippen LogP contribution in [0, 0.1) is 6.92 Å². The van der Waals surface area contributed by atoms with Crippen LogP contribution >= 0.6 is 15.9 Å². The monoisotopic (exact) mass is 412 g/mol. The molecule has 0 spiro atoms. The van der Waals surface area contributed by atoms with Crippen LogP contribution in [0.5, 0.6) is 5.75 Å². The second kappa shape index (κ2) is 7.97. The molecule has 0 aliphatic carbocycles. The Labute approximate surface area is 159 Å². The first kappa shape index (κ1) is 17.9. The van der Waals surface area contributed by atoms with Gasteiger partial charge < -0.3 is 10.1 Å². The largest absolute Gasteiger partial charge is 0.496 e. The summed E-state index contributed by atoms with van der Waals surface area (Å²) in [5.74, 6) is 1.85. The number of halogens is 1. The number of nitrogens with one attached hydrogen (secondary N) is 2. The lowest BCUT2D eigenvalue weighted by Gasteiger charge is -2.05. The number of hydrogen-bond donors (Lipinski definition) is 2. The average Bonchev–Trinajstić information content (AvgIpc) is 3.07. The predicted octanol–water partition coefficient (Wildman–Crippen LogP) is 4.20. The molecule has 1 amide bonds. The predicted molar refractivity (Wildman–Crippen MR) is 105 cm³/mol. The summed E-state index contributed by atoms with van der Waals surface area (Å²) in [5, 5.41) is 9.74. The molecule has 0 aliphatic heterocycles. The van der Waals surface area contributed by atoms with Crippen molar-refractivity contribution in [2.75, 3.05) is 12.4 Å². The lowest BCUT2D eigenvalue weighted by Crippen LogP contribution is -2.07. The van der Waals surface area contributed by atoms with E-state index in [4.69, 9.17) is 4.74 Å². The molecule has 2 N–H and O–H groups in total. The van der Waals surface area contributed by atoms with Gasteiger partial charge in [0.25, 0.3) is 0 Å². The van der Waals surface area contributed by atoms with E-state index in [1.807, 2.05) is 49.4 Å². The summed E-state index contributed by atoms with van der Waals surface area (Å²) >= 11 is 3.41. The van der Waals surface area contributed by atoms with Gasteiger partial charge in [0.15, 0.2) is 5.82 Å². The highest BCUT2D eigenvalue weighted by Gasteiger charge is 2.05. The number of anilines is 1. The molecule has 132 valence electrons. The maximum atomic E-state index is 12.1. The summed E-state index contributed by atoms with van der Waals surface area (Å²) in [4.78, 5) is 16.4. The molecule has 7 heteroatoms. The van der Waals surface area contributed by atoms with Gasteiger partial charge in [-0.15, -0.1) is 0 Å². The van der Waals surface area contributed by atoms with Crippen LogP contribution in [0.2, 0.25) is 0 Å². The maximum absolute atomic E-state index is 12.1. The van der Waals surface area contributed by atoms with Crippen molar-refractivity contribution < 1.29 is 9.53 Å². The SMILES string of the molecule is COc1ccc(Br)cc1/C=C/C(=O)Nc1ccc(-c2n[nH]c(C)n2)cc1. The van der Waals surface area contributed by atoms with Crippen molar-refractivity contribution in [1.29, 1.82) is 0 Å². The minimum absolute atomic E-state index is 0.228. The number of aryl methyl sites for hydroxylation is 1. The van der Waals surface area contributed by atoms with Gasteiger partial charge in [-0.05, 0) is 55.5 Å². The Morgan fingerprint density at radius 1 is 1.23 bits per heavy atom. The zero-order valence-corrected chi connectivity index (χ0v) is 15.9. The third-order valence-corrected chi connectivity index (χ3v) is 4.11. The van der Waals surface area contributed by atoms with Gasteiger partial charge in [-0.1, -0.05) is 15.9 Å². The average molecular weight is 413 g/mol. The number of H-pyrrole nitrogens is 1. The number of hydrogen-bond acceptors (Lipinski definition) is 4. The lowest BCUT2D eigenvalue weighted by molar-refractivity contribution is -0.111. The zero-order valence-electron chi connectivity index (χ0n) is 14.3. The van der Waals surface area contributed by atoms with Crippen molar-refractivity contribution in [3.05, 3.63) is 64.4 Å². The molecule has 0 radical (unpaired) electrons. The van der Waals surface area contributed by atoms with E-state index in [1.54, 1.807) is 13.2 Å². The van der Waals surface area contributed by atoms with Crippen LogP contribution in [0.25, 0.3) is 17.5 Å². The Morgan fingerprint density at radius 3 is 2.65 bits per heavy atom. The highest BCUT2D eigenvalue weighted by Crippen LogP contribution is 2.24. The number of aromatic nitrogens is 3. The van der Waals surface area contributed by atoms with Crippen molar-refractivity contribution >= 4 is 33.6 Å². The van der Waals surface area contributed by atoms with Gasteiger partial charge >= 0.3 is 0 Å². The molecular weight excluding hydrogens is 396 g/mol. The normalized spacial score (nSPS) is 10.9. The molecule has 3 aromatic rings. The van der Waals surface area contributed by atoms with Gasteiger partial charge in [-0.2, -0.15) is 5.10 Å². The molecule has 26 heavy (non-hydrogen) atoms. The fourth-order valence-electron chi connectivity index (χ4n) is 2.36. The minimum atomic E-state index is -0.228. The number of ether oxygens (including phenoxy) is 1. The highest BCUT2D eigenvalue weighted by atomic mass is 79.9. The molecule has 3 rings (SSSR count). The molecule has 0 aliphatic rings. The first-order valence-corrected chi connectivity index (χ1v) is 8.66. The highest BCUT2D eigenvalue weighted by molar-refractivity contribution is 9.10. The number of aromatic amines is 1. The van der Waals surface area contributed by atoms with E-state index in [0.717, 1.165) is 21.4 Å². The van der Waals surface area contributed by atoms with E-state index in [-0.39, 0.29) is 5.91 Å². The molecule has 2 aromatic carbocycles. The third kappa shape index (κ3) is 4.37. The van der Waals surface area contributed by atoms with E-state index < -0.39 is 0 Å². The molecule has 1 heterocycles. The van der Waals surface area contributed by atoms with Crippen LogP contribution in [-0.2, 0) is 4.79 Å². The van der Waals surface area contributed by atoms with Crippen LogP contribution in [0.1, 0.15) is 11.4 Å². The van der Waals surface area contributed by atoms with Crippen molar-refractivity contribution in [3.8, 4) is 17.1 Å². The number of methoxy groups -OCH3 is 1. The molecule has 6 nitrogen and oxygen atoms in total. The molecule has 0 saturated heterocycles. The van der Waals surface area contributed by atoms with E-state index in [0.29, 0.717) is 17.3 Å². The van der Waals surface area contributed by atoms with Gasteiger partial charge in [0.05, 0.1) is 7.11 Å². The second-order valence-corrected chi connectivity index (χ2v) is 6.45. The van der Waals surface area contributed by atoms with E-state index in [9.17, 15) is 4.79 Å². The summed E-state index contributed by atoms with van der Waals surface area (Å²) < 4.78 is 6.20. The van der Waals surface area contributed by atoms with Gasteiger partial charge in [0.2, 0.25) is 5.91 Å². The van der Waals surface area contributed by atoms with E-state index in [2.05, 4.69) is 36.4 Å². The number of rotatable bonds is 5. The van der Waals surface area contributed by atoms with Crippen molar-refractivity contribution in [1.82, 2.24) is 15.2 Å². The maximum Gasteiger partial charge on any atom is 0.248 e. The second-order valence-electron chi connectivity index (χ2n) is 5.53. The van der Waals surface area contributed by atoms with Crippen LogP contribution < -0.4 is 10.1 Å². The molecule has 0 fully saturated rings. The van der Waals surface area contributed by atoms with Crippen LogP contribution in [0.4, 0.5) is 5.69 Å². The topological polar surface area (TPSA) is 79.9 Å². The molecule has 0 bridgehead atoms. The Morgan fingerprint density at radius 2 is 2.00 bits per heavy atom. The number of nitrogens with zero attached hydrogens (tertiary/aromatic N) is 2. The number of benzene rings is 2. The van der Waals surface area contributed by atoms with E-state index in [1.165, 1.54) is 6.08 Å². The van der Waals surface area contributed by atoms with Gasteiger partial charge in [-0.25, -0.2) is 4.98 Å². The van der Waals surface area contributed by atoms with Crippen molar-refractivity contribution in [2.24, 2.45) is 0 Å². The zero-order chi connectivity index (χ0) is 18.5. The van der Waals surface area contributed by atoms with Crippen molar-refractivity contribution in [3.63, 3.8) is 0 Å². The van der Waals surface area contributed by atoms with Gasteiger partial charge in [0, 0.05) is 27.4 Å². The molecule has 1 aromatic heterocycles. The van der Waals surface area contributed by atoms with Crippen LogP contribution in [0.3, 0.4) is 0 Å². The Balaban J connectivity index is 1.67.